The number of phosphoric ester groups is 1. The van der Waals surface area contributed by atoms with Gasteiger partial charge in [0, 0.05) is 30.8 Å². The van der Waals surface area contributed by atoms with Crippen molar-refractivity contribution in [3.63, 3.8) is 0 Å². The molecular weight excluding hydrogens is 569 g/mol. The lowest BCUT2D eigenvalue weighted by molar-refractivity contribution is -0.276. The van der Waals surface area contributed by atoms with Gasteiger partial charge in [-0.05, 0) is 44.2 Å². The van der Waals surface area contributed by atoms with Crippen LogP contribution in [-0.2, 0) is 29.5 Å². The number of phosphoric acid groups is 1. The second-order valence-corrected chi connectivity index (χ2v) is 11.3. The van der Waals surface area contributed by atoms with E-state index in [2.05, 4.69) is 9.97 Å². The normalized spacial score (nSPS) is 27.7. The van der Waals surface area contributed by atoms with Gasteiger partial charge in [0.25, 0.3) is 5.56 Å². The Morgan fingerprint density at radius 1 is 1.17 bits per heavy atom. The van der Waals surface area contributed by atoms with Gasteiger partial charge in [0.2, 0.25) is 0 Å². The molecule has 4 rings (SSSR count). The highest BCUT2D eigenvalue weighted by Crippen LogP contribution is 2.49. The van der Waals surface area contributed by atoms with Crippen LogP contribution in [0, 0.1) is 6.92 Å². The Morgan fingerprint density at radius 2 is 1.88 bits per heavy atom. The lowest BCUT2D eigenvalue weighted by Crippen LogP contribution is -2.34. The predicted octanol–water partition coefficient (Wildman–Crippen LogP) is -2.11. The summed E-state index contributed by atoms with van der Waals surface area (Å²) in [5.74, 6) is -0.698. The van der Waals surface area contributed by atoms with Crippen molar-refractivity contribution in [2.75, 3.05) is 19.8 Å². The van der Waals surface area contributed by atoms with E-state index in [-0.39, 0.29) is 18.4 Å². The predicted molar refractivity (Wildman–Crippen MR) is 137 cm³/mol. The molecule has 4 heterocycles. The van der Waals surface area contributed by atoms with Gasteiger partial charge in [-0.1, -0.05) is 0 Å². The number of aromatic nitrogens is 4. The third-order valence-corrected chi connectivity index (χ3v) is 7.90. The second kappa shape index (κ2) is 13.1. The Hall–Kier alpha value is -2.73. The highest BCUT2D eigenvalue weighted by molar-refractivity contribution is 7.47. The zero-order valence-corrected chi connectivity index (χ0v) is 23.1. The minimum atomic E-state index is -4.81. The van der Waals surface area contributed by atoms with Crippen LogP contribution in [-0.4, -0.2) is 78.4 Å². The zero-order valence-electron chi connectivity index (χ0n) is 22.2. The van der Waals surface area contributed by atoms with Crippen molar-refractivity contribution in [1.29, 1.82) is 0 Å². The summed E-state index contributed by atoms with van der Waals surface area (Å²) in [5.41, 5.74) is 3.85. The quantitative estimate of drug-likeness (QED) is 0.129. The molecule has 41 heavy (non-hydrogen) atoms. The molecule has 0 amide bonds. The van der Waals surface area contributed by atoms with Gasteiger partial charge in [-0.25, -0.2) is 19.1 Å². The first-order valence-corrected chi connectivity index (χ1v) is 14.5. The molecule has 2 aliphatic rings. The van der Waals surface area contributed by atoms with E-state index in [1.165, 1.54) is 19.3 Å². The van der Waals surface area contributed by atoms with E-state index in [9.17, 15) is 39.2 Å². The fourth-order valence-corrected chi connectivity index (χ4v) is 5.65. The number of H-pyrrole nitrogens is 1. The average molecular weight is 603 g/mol. The van der Waals surface area contributed by atoms with Gasteiger partial charge in [0.1, 0.15) is 30.8 Å². The summed E-state index contributed by atoms with van der Waals surface area (Å²) in [7, 11) is -4.81. The summed E-state index contributed by atoms with van der Waals surface area (Å²) < 4.78 is 36.4. The monoisotopic (exact) mass is 602 g/mol. The van der Waals surface area contributed by atoms with E-state index in [1.807, 2.05) is 0 Å². The number of ether oxygens (including phenoxy) is 2. The number of aryl methyl sites for hydroxylation is 2. The maximum atomic E-state index is 12.7. The fourth-order valence-electron chi connectivity index (χ4n) is 4.69. The summed E-state index contributed by atoms with van der Waals surface area (Å²) in [4.78, 5) is 52.6. The topological polar surface area (TPSA) is 254 Å². The van der Waals surface area contributed by atoms with Crippen molar-refractivity contribution < 1.29 is 43.3 Å². The molecule has 2 fully saturated rings. The molecule has 17 nitrogen and oxygen atoms in total. The molecule has 0 spiro atoms. The van der Waals surface area contributed by atoms with Gasteiger partial charge in [-0.15, -0.1) is 0 Å². The molecular formula is C23H33N5O12P-. The Balaban J connectivity index is 1.38. The molecule has 0 bridgehead atoms. The van der Waals surface area contributed by atoms with Crippen molar-refractivity contribution in [2.24, 2.45) is 5.73 Å². The van der Waals surface area contributed by atoms with E-state index in [0.717, 1.165) is 9.13 Å². The number of rotatable bonds is 12. The number of nitrogens with one attached hydrogen (secondary N) is 1. The minimum Gasteiger partial charge on any atom is -0.858 e. The van der Waals surface area contributed by atoms with Crippen molar-refractivity contribution in [1.82, 2.24) is 19.1 Å². The van der Waals surface area contributed by atoms with Gasteiger partial charge in [-0.3, -0.25) is 28.0 Å². The number of hydrogen-bond donors (Lipinski definition) is 5. The maximum Gasteiger partial charge on any atom is 0.472 e. The number of hydrogen-bond acceptors (Lipinski definition) is 13. The maximum absolute atomic E-state index is 12.7. The van der Waals surface area contributed by atoms with Crippen LogP contribution in [0.5, 0.6) is 5.88 Å². The molecule has 2 aliphatic heterocycles. The number of nitrogens with zero attached hydrogens (tertiary/aromatic N) is 3. The van der Waals surface area contributed by atoms with Gasteiger partial charge in [0.15, 0.2) is 0 Å². The summed E-state index contributed by atoms with van der Waals surface area (Å²) >= 11 is 0. The van der Waals surface area contributed by atoms with Crippen LogP contribution in [0.2, 0.25) is 0 Å². The smallest absolute Gasteiger partial charge is 0.472 e. The van der Waals surface area contributed by atoms with Crippen molar-refractivity contribution in [3.05, 3.63) is 54.8 Å². The van der Waals surface area contributed by atoms with Crippen molar-refractivity contribution in [3.8, 4) is 5.88 Å². The van der Waals surface area contributed by atoms with E-state index >= 15 is 0 Å². The summed E-state index contributed by atoms with van der Waals surface area (Å²) in [6.45, 7) is 0.697. The van der Waals surface area contributed by atoms with Crippen LogP contribution in [0.1, 0.15) is 49.3 Å². The molecule has 0 aliphatic carbocycles. The number of aliphatic hydroxyl groups excluding tert-OH is 2. The Labute approximate surface area is 232 Å². The van der Waals surface area contributed by atoms with Gasteiger partial charge >= 0.3 is 19.2 Å². The first-order chi connectivity index (χ1) is 19.4. The highest BCUT2D eigenvalue weighted by Gasteiger charge is 2.43. The summed E-state index contributed by atoms with van der Waals surface area (Å²) in [6, 6.07) is 0. The first-order valence-electron chi connectivity index (χ1n) is 13.0. The molecule has 6 N–H and O–H groups in total. The van der Waals surface area contributed by atoms with Crippen LogP contribution >= 0.6 is 7.82 Å². The van der Waals surface area contributed by atoms with Gasteiger partial charge in [-0.2, -0.15) is 0 Å². The van der Waals surface area contributed by atoms with E-state index in [0.29, 0.717) is 31.4 Å². The van der Waals surface area contributed by atoms with Gasteiger partial charge < -0.3 is 35.4 Å². The summed E-state index contributed by atoms with van der Waals surface area (Å²) in [6.07, 6.45) is -2.51. The molecule has 18 heteroatoms. The second-order valence-electron chi connectivity index (χ2n) is 9.87. The molecule has 2 aromatic rings. The van der Waals surface area contributed by atoms with Gasteiger partial charge in [0.05, 0.1) is 19.3 Å². The van der Waals surface area contributed by atoms with Crippen LogP contribution < -0.4 is 27.8 Å². The molecule has 7 atom stereocenters. The molecule has 1 unspecified atom stereocenters. The Bertz CT molecular complexity index is 1440. The lowest BCUT2D eigenvalue weighted by atomic mass is 10.1. The number of aliphatic hydroxyl groups is 2. The number of unbranched alkanes of at least 4 members (excludes halogenated alkanes) is 1. The largest absolute Gasteiger partial charge is 0.858 e. The Morgan fingerprint density at radius 3 is 2.59 bits per heavy atom. The average Bonchev–Trinajstić information content (AvgIpc) is 3.48. The Kier molecular flexibility index (Phi) is 9.94. The third kappa shape index (κ3) is 7.38. The zero-order chi connectivity index (χ0) is 29.9. The fraction of sp³-hybridized carbons (Fsp3) is 0.652. The van der Waals surface area contributed by atoms with Crippen LogP contribution in [0.15, 0.2) is 26.8 Å². The third-order valence-electron chi connectivity index (χ3n) is 6.89. The first kappa shape index (κ1) is 31.2. The molecule has 0 saturated carbocycles. The van der Waals surface area contributed by atoms with Crippen molar-refractivity contribution in [2.45, 2.75) is 75.9 Å². The molecule has 0 radical (unpaired) electrons. The SMILES string of the molecule is Cc1cn([C@H]2C[C@H](OP(=O)(O)OC[C@H]3O[C@@H](n4cc(CCCCN)c(=O)[nH]c4=O)C[C@@H]3O)[C@@H](CO)O2)c(=O)nc1[O-]. The standard InChI is InChI=1S/C23H34N5O12P/c1-12-8-27(22(33)25-20(12)31)19-7-15(16(10-29)38-19)40-41(35,36)37-11-17-14(30)6-18(39-17)28-9-13(4-2-3-5-24)21(32)26-23(28)34/h8-9,14-19,29-30H,2-7,10-11,24H2,1H3,(H,35,36)(H,25,31,33)(H,26,32,34)/p-1/t14-,15-,16+,17+,18+,19+/m0/s1. The molecule has 2 saturated heterocycles. The number of nitrogens with two attached hydrogens (primary N) is 1. The van der Waals surface area contributed by atoms with E-state index in [4.69, 9.17) is 24.3 Å². The summed E-state index contributed by atoms with van der Waals surface area (Å²) in [5, 5.41) is 31.7. The number of aromatic amines is 1. The lowest BCUT2D eigenvalue weighted by Gasteiger charge is -2.22. The van der Waals surface area contributed by atoms with Crippen molar-refractivity contribution >= 4 is 7.82 Å². The van der Waals surface area contributed by atoms with Crippen LogP contribution in [0.25, 0.3) is 0 Å². The molecule has 2 aromatic heterocycles. The molecule has 0 aromatic carbocycles. The van der Waals surface area contributed by atoms with Crippen LogP contribution in [0.4, 0.5) is 0 Å². The highest BCUT2D eigenvalue weighted by atomic mass is 31.2. The van der Waals surface area contributed by atoms with E-state index in [1.54, 1.807) is 0 Å². The van der Waals surface area contributed by atoms with E-state index < -0.39 is 80.7 Å². The minimum absolute atomic E-state index is 0.0616. The van der Waals surface area contributed by atoms with Crippen LogP contribution in [0.3, 0.4) is 0 Å². The molecule has 228 valence electrons.